The van der Waals surface area contributed by atoms with E-state index in [1.54, 1.807) is 0 Å². The molecule has 7 nitrogen and oxygen atoms in total. The fraction of sp³-hybridized carbons (Fsp3) is 0.105. The first-order valence-electron chi connectivity index (χ1n) is 7.84. The van der Waals surface area contributed by atoms with E-state index in [9.17, 15) is 14.4 Å². The van der Waals surface area contributed by atoms with E-state index in [1.165, 1.54) is 0 Å². The molecule has 0 saturated heterocycles. The van der Waals surface area contributed by atoms with E-state index in [0.717, 1.165) is 20.9 Å². The van der Waals surface area contributed by atoms with Crippen LogP contribution in [-0.4, -0.2) is 15.5 Å². The van der Waals surface area contributed by atoms with Crippen LogP contribution in [-0.2, 0) is 17.8 Å². The molecule has 0 aliphatic heterocycles. The molecule has 0 fully saturated rings. The third-order valence-corrected chi connectivity index (χ3v) is 3.96. The van der Waals surface area contributed by atoms with Crippen molar-refractivity contribution in [3.05, 3.63) is 68.9 Å². The van der Waals surface area contributed by atoms with Crippen LogP contribution in [0.25, 0.3) is 10.8 Å². The maximum Gasteiger partial charge on any atom is 0.330 e. The second-order valence-electron chi connectivity index (χ2n) is 5.68. The highest BCUT2D eigenvalue weighted by Gasteiger charge is 2.15. The molecule has 4 N–H and O–H groups in total. The average Bonchev–Trinajstić information content (AvgIpc) is 2.62. The van der Waals surface area contributed by atoms with E-state index in [0.29, 0.717) is 0 Å². The number of nitrogens with one attached hydrogen (secondary N) is 2. The van der Waals surface area contributed by atoms with Crippen molar-refractivity contribution in [2.24, 2.45) is 0 Å². The predicted molar refractivity (Wildman–Crippen MR) is 101 cm³/mol. The first-order valence-corrected chi connectivity index (χ1v) is 7.84. The second kappa shape index (κ2) is 6.99. The number of anilines is 2. The topological polar surface area (TPSA) is 110 Å². The molecule has 3 aromatic rings. The van der Waals surface area contributed by atoms with Crippen molar-refractivity contribution < 1.29 is 4.79 Å². The lowest BCUT2D eigenvalue weighted by Gasteiger charge is -2.10. The van der Waals surface area contributed by atoms with Gasteiger partial charge in [-0.2, -0.15) is 0 Å². The molecule has 3 rings (SSSR count). The summed E-state index contributed by atoms with van der Waals surface area (Å²) in [6.45, 7) is -0.222. The van der Waals surface area contributed by atoms with Crippen molar-refractivity contribution in [1.82, 2.24) is 9.55 Å². The summed E-state index contributed by atoms with van der Waals surface area (Å²) >= 11 is 0. The van der Waals surface area contributed by atoms with E-state index < -0.39 is 17.2 Å². The Hall–Kier alpha value is -3.79. The number of nitrogens with zero attached hydrogens (tertiary/aromatic N) is 1. The van der Waals surface area contributed by atoms with Crippen LogP contribution in [0.15, 0.2) is 52.1 Å². The molecule has 1 heterocycles. The Morgan fingerprint density at radius 2 is 1.92 bits per heavy atom. The van der Waals surface area contributed by atoms with E-state index >= 15 is 0 Å². The number of amides is 1. The number of H-pyrrole nitrogens is 1. The zero-order valence-electron chi connectivity index (χ0n) is 13.8. The third kappa shape index (κ3) is 3.21. The lowest BCUT2D eigenvalue weighted by Crippen LogP contribution is -2.38. The maximum atomic E-state index is 12.4. The number of benzene rings is 2. The van der Waals surface area contributed by atoms with Gasteiger partial charge < -0.3 is 11.1 Å². The van der Waals surface area contributed by atoms with Crippen molar-refractivity contribution >= 4 is 28.2 Å². The van der Waals surface area contributed by atoms with Gasteiger partial charge in [0.25, 0.3) is 5.56 Å². The summed E-state index contributed by atoms with van der Waals surface area (Å²) in [5, 5.41) is 4.44. The molecule has 26 heavy (non-hydrogen) atoms. The van der Waals surface area contributed by atoms with Crippen molar-refractivity contribution in [3.63, 3.8) is 0 Å². The smallest absolute Gasteiger partial charge is 0.330 e. The fourth-order valence-corrected chi connectivity index (χ4v) is 2.75. The highest BCUT2D eigenvalue weighted by Crippen LogP contribution is 2.19. The lowest BCUT2D eigenvalue weighted by atomic mass is 10.0. The Morgan fingerprint density at radius 3 is 2.69 bits per heavy atom. The number of hydrogen-bond donors (Lipinski definition) is 3. The number of carbonyl (C=O) groups is 1. The summed E-state index contributed by atoms with van der Waals surface area (Å²) in [5.74, 6) is 1.58. The summed E-state index contributed by atoms with van der Waals surface area (Å²) in [7, 11) is 0. The van der Waals surface area contributed by atoms with Gasteiger partial charge in [-0.05, 0) is 16.3 Å². The first kappa shape index (κ1) is 17.0. The van der Waals surface area contributed by atoms with Gasteiger partial charge in [0.05, 0.1) is 13.0 Å². The number of nitrogen functional groups attached to an aromatic ring is 1. The number of nitrogens with two attached hydrogens (primary N) is 1. The van der Waals surface area contributed by atoms with Crippen molar-refractivity contribution in [2.75, 3.05) is 11.1 Å². The lowest BCUT2D eigenvalue weighted by molar-refractivity contribution is -0.115. The molecule has 0 saturated carbocycles. The van der Waals surface area contributed by atoms with Gasteiger partial charge in [-0.1, -0.05) is 48.4 Å². The molecule has 0 radical (unpaired) electrons. The molecule has 7 heteroatoms. The number of terminal acetylenes is 1. The largest absolute Gasteiger partial charge is 0.383 e. The van der Waals surface area contributed by atoms with Crippen LogP contribution in [0.5, 0.6) is 0 Å². The van der Waals surface area contributed by atoms with Gasteiger partial charge in [0, 0.05) is 0 Å². The number of carbonyl (C=O) groups excluding carboxylic acids is 1. The van der Waals surface area contributed by atoms with E-state index in [-0.39, 0.29) is 24.5 Å². The van der Waals surface area contributed by atoms with E-state index in [1.807, 2.05) is 42.5 Å². The molecular formula is C19H16N4O3. The zero-order valence-corrected chi connectivity index (χ0v) is 13.8. The maximum absolute atomic E-state index is 12.4. The Morgan fingerprint density at radius 1 is 1.19 bits per heavy atom. The van der Waals surface area contributed by atoms with Gasteiger partial charge in [0.1, 0.15) is 11.5 Å². The van der Waals surface area contributed by atoms with Gasteiger partial charge in [-0.25, -0.2) is 9.36 Å². The monoisotopic (exact) mass is 348 g/mol. The molecule has 0 atom stereocenters. The molecule has 0 spiro atoms. The zero-order chi connectivity index (χ0) is 18.7. The van der Waals surface area contributed by atoms with Gasteiger partial charge in [0.15, 0.2) is 0 Å². The van der Waals surface area contributed by atoms with Gasteiger partial charge in [0.2, 0.25) is 5.91 Å². The summed E-state index contributed by atoms with van der Waals surface area (Å²) in [5.41, 5.74) is 4.84. The summed E-state index contributed by atoms with van der Waals surface area (Å²) in [6.07, 6.45) is 5.21. The fourth-order valence-electron chi connectivity index (χ4n) is 2.75. The molecule has 0 unspecified atom stereocenters. The highest BCUT2D eigenvalue weighted by atomic mass is 16.2. The summed E-state index contributed by atoms with van der Waals surface area (Å²) in [6, 6.07) is 13.3. The Labute approximate surface area is 148 Å². The quantitative estimate of drug-likeness (QED) is 0.613. The van der Waals surface area contributed by atoms with Crippen LogP contribution in [0.1, 0.15) is 5.56 Å². The third-order valence-electron chi connectivity index (χ3n) is 3.96. The second-order valence-corrected chi connectivity index (χ2v) is 5.68. The minimum Gasteiger partial charge on any atom is -0.383 e. The molecule has 2 aromatic carbocycles. The van der Waals surface area contributed by atoms with Crippen LogP contribution < -0.4 is 22.3 Å². The molecule has 0 aliphatic carbocycles. The Balaban J connectivity index is 1.91. The Bertz CT molecular complexity index is 1150. The number of fused-ring (bicyclic) bond motifs is 1. The van der Waals surface area contributed by atoms with Gasteiger partial charge in [-0.3, -0.25) is 14.6 Å². The number of aromatic nitrogens is 2. The molecule has 1 amide bonds. The minimum atomic E-state index is -0.740. The highest BCUT2D eigenvalue weighted by molar-refractivity contribution is 5.97. The predicted octanol–water partition coefficient (Wildman–Crippen LogP) is 1.09. The van der Waals surface area contributed by atoms with Crippen LogP contribution in [0.2, 0.25) is 0 Å². The van der Waals surface area contributed by atoms with Crippen LogP contribution in [0.4, 0.5) is 11.5 Å². The SMILES string of the molecule is C#CCn1c(=O)[nH]c(N)c(NC(=O)Cc2cccc3ccccc23)c1=O. The Kier molecular flexibility index (Phi) is 4.58. The molecule has 1 aromatic heterocycles. The minimum absolute atomic E-state index is 0.0501. The van der Waals surface area contributed by atoms with Crippen molar-refractivity contribution in [1.29, 1.82) is 0 Å². The van der Waals surface area contributed by atoms with Crippen molar-refractivity contribution in [2.45, 2.75) is 13.0 Å². The normalized spacial score (nSPS) is 10.4. The molecule has 130 valence electrons. The standard InChI is InChI=1S/C19H16N4O3/c1-2-10-23-18(25)16(17(20)22-19(23)26)21-15(24)11-13-8-5-7-12-6-3-4-9-14(12)13/h1,3-9H,10-11,20H2,(H,21,24)(H,22,26). The van der Waals surface area contributed by atoms with E-state index in [4.69, 9.17) is 12.2 Å². The average molecular weight is 348 g/mol. The van der Waals surface area contributed by atoms with Gasteiger partial charge >= 0.3 is 5.69 Å². The van der Waals surface area contributed by atoms with Crippen LogP contribution in [0, 0.1) is 12.3 Å². The molecular weight excluding hydrogens is 332 g/mol. The van der Waals surface area contributed by atoms with E-state index in [2.05, 4.69) is 16.2 Å². The van der Waals surface area contributed by atoms with Crippen LogP contribution >= 0.6 is 0 Å². The number of rotatable bonds is 4. The number of aromatic amines is 1. The summed E-state index contributed by atoms with van der Waals surface area (Å²) in [4.78, 5) is 38.8. The van der Waals surface area contributed by atoms with Gasteiger partial charge in [-0.15, -0.1) is 6.42 Å². The molecule has 0 bridgehead atoms. The molecule has 0 aliphatic rings. The van der Waals surface area contributed by atoms with Crippen molar-refractivity contribution in [3.8, 4) is 12.3 Å². The number of hydrogen-bond acceptors (Lipinski definition) is 4. The first-order chi connectivity index (χ1) is 12.5. The van der Waals surface area contributed by atoms with Crippen LogP contribution in [0.3, 0.4) is 0 Å². The summed E-state index contributed by atoms with van der Waals surface area (Å²) < 4.78 is 0.796.